The van der Waals surface area contributed by atoms with Crippen LogP contribution in [-0.4, -0.2) is 21.0 Å². The normalized spacial score (nSPS) is 10.9. The number of hydrogen-bond acceptors (Lipinski definition) is 4. The molecule has 0 saturated carbocycles. The predicted octanol–water partition coefficient (Wildman–Crippen LogP) is 3.79. The first kappa shape index (κ1) is 13.2. The largest absolute Gasteiger partial charge is 0.477 e. The van der Waals surface area contributed by atoms with Crippen LogP contribution in [-0.2, 0) is 0 Å². The first-order valence-electron chi connectivity index (χ1n) is 5.35. The Morgan fingerprint density at radius 3 is 2.72 bits per heavy atom. The molecule has 0 aliphatic heterocycles. The molecule has 4 nitrogen and oxygen atoms in total. The molecule has 2 aromatic rings. The van der Waals surface area contributed by atoms with Crippen LogP contribution in [0.5, 0.6) is 0 Å². The molecule has 1 N–H and O–H groups in total. The lowest BCUT2D eigenvalue weighted by atomic mass is 10.1. The van der Waals surface area contributed by atoms with Crippen LogP contribution in [0.2, 0.25) is 0 Å². The van der Waals surface area contributed by atoms with Crippen molar-refractivity contribution in [3.8, 4) is 10.7 Å². The van der Waals surface area contributed by atoms with Gasteiger partial charge in [-0.2, -0.15) is 0 Å². The Morgan fingerprint density at radius 1 is 1.50 bits per heavy atom. The number of carboxylic acid groups (broad SMARTS) is 1. The zero-order valence-corrected chi connectivity index (χ0v) is 12.2. The van der Waals surface area contributed by atoms with Gasteiger partial charge >= 0.3 is 5.97 Å². The molecule has 0 fully saturated rings. The van der Waals surface area contributed by atoms with Gasteiger partial charge in [0.15, 0.2) is 0 Å². The summed E-state index contributed by atoms with van der Waals surface area (Å²) in [5, 5.41) is 9.81. The molecule has 0 aliphatic carbocycles. The van der Waals surface area contributed by atoms with Crippen LogP contribution >= 0.6 is 27.3 Å². The third kappa shape index (κ3) is 2.44. The summed E-state index contributed by atoms with van der Waals surface area (Å²) in [6, 6.07) is 3.67. The molecule has 0 unspecified atom stereocenters. The Labute approximate surface area is 117 Å². The molecule has 0 bridgehead atoms. The van der Waals surface area contributed by atoms with Crippen LogP contribution in [0.4, 0.5) is 0 Å². The second-order valence-electron chi connectivity index (χ2n) is 4.03. The van der Waals surface area contributed by atoms with E-state index in [-0.39, 0.29) is 10.8 Å². The van der Waals surface area contributed by atoms with E-state index >= 15 is 0 Å². The highest BCUT2D eigenvalue weighted by Crippen LogP contribution is 2.33. The lowest BCUT2D eigenvalue weighted by Crippen LogP contribution is -2.00. The van der Waals surface area contributed by atoms with Gasteiger partial charge in [0.2, 0.25) is 0 Å². The van der Waals surface area contributed by atoms with Gasteiger partial charge in [-0.15, -0.1) is 11.3 Å². The van der Waals surface area contributed by atoms with Crippen molar-refractivity contribution in [2.75, 3.05) is 0 Å². The molecule has 94 valence electrons. The molecule has 0 radical (unpaired) electrons. The second-order valence-corrected chi connectivity index (χ2v) is 5.88. The van der Waals surface area contributed by atoms with E-state index in [2.05, 4.69) is 25.9 Å². The zero-order chi connectivity index (χ0) is 13.3. The topological polar surface area (TPSA) is 63.1 Å². The average molecular weight is 327 g/mol. The summed E-state index contributed by atoms with van der Waals surface area (Å²) in [5.41, 5.74) is 1.29. The van der Waals surface area contributed by atoms with Gasteiger partial charge in [0.1, 0.15) is 15.6 Å². The van der Waals surface area contributed by atoms with Crippen molar-refractivity contribution in [2.45, 2.75) is 19.8 Å². The van der Waals surface area contributed by atoms with Gasteiger partial charge in [-0.25, -0.2) is 9.78 Å². The molecule has 0 amide bonds. The number of carbonyl (C=O) groups is 1. The number of aromatic nitrogens is 2. The third-order valence-electron chi connectivity index (χ3n) is 2.36. The van der Waals surface area contributed by atoms with E-state index in [1.165, 1.54) is 0 Å². The maximum absolute atomic E-state index is 11.2. The van der Waals surface area contributed by atoms with Crippen LogP contribution in [0.1, 0.15) is 35.1 Å². The van der Waals surface area contributed by atoms with E-state index in [4.69, 9.17) is 0 Å². The summed E-state index contributed by atoms with van der Waals surface area (Å²) in [4.78, 5) is 20.1. The van der Waals surface area contributed by atoms with Gasteiger partial charge in [0, 0.05) is 10.7 Å². The summed E-state index contributed by atoms with van der Waals surface area (Å²) in [6.45, 7) is 3.86. The summed E-state index contributed by atoms with van der Waals surface area (Å²) < 4.78 is 0.811. The molecule has 18 heavy (non-hydrogen) atoms. The quantitative estimate of drug-likeness (QED) is 0.932. The van der Waals surface area contributed by atoms with Crippen LogP contribution < -0.4 is 0 Å². The van der Waals surface area contributed by atoms with Crippen molar-refractivity contribution in [3.63, 3.8) is 0 Å². The highest BCUT2D eigenvalue weighted by molar-refractivity contribution is 9.10. The maximum atomic E-state index is 11.2. The molecule has 0 spiro atoms. The van der Waals surface area contributed by atoms with Crippen molar-refractivity contribution < 1.29 is 9.90 Å². The highest BCUT2D eigenvalue weighted by atomic mass is 79.9. The van der Waals surface area contributed by atoms with Gasteiger partial charge in [0.05, 0.1) is 5.69 Å². The molecular weight excluding hydrogens is 316 g/mol. The molecule has 0 aromatic carbocycles. The maximum Gasteiger partial charge on any atom is 0.347 e. The summed E-state index contributed by atoms with van der Waals surface area (Å²) in [7, 11) is 0. The van der Waals surface area contributed by atoms with Crippen molar-refractivity contribution in [1.82, 2.24) is 9.97 Å². The van der Waals surface area contributed by atoms with Gasteiger partial charge in [-0.3, -0.25) is 4.98 Å². The number of thiazole rings is 1. The van der Waals surface area contributed by atoms with Gasteiger partial charge in [-0.05, 0) is 34.0 Å². The molecule has 0 atom stereocenters. The summed E-state index contributed by atoms with van der Waals surface area (Å²) in [6.07, 6.45) is 1.66. The van der Waals surface area contributed by atoms with Crippen LogP contribution in [0.3, 0.4) is 0 Å². The highest BCUT2D eigenvalue weighted by Gasteiger charge is 2.21. The Bertz CT molecular complexity index is 596. The zero-order valence-electron chi connectivity index (χ0n) is 9.85. The Hall–Kier alpha value is -1.27. The van der Waals surface area contributed by atoms with Gasteiger partial charge in [-0.1, -0.05) is 13.8 Å². The van der Waals surface area contributed by atoms with Crippen molar-refractivity contribution in [1.29, 1.82) is 0 Å². The van der Waals surface area contributed by atoms with E-state index < -0.39 is 5.97 Å². The SMILES string of the molecule is CC(C)c1nc(-c2ncccc2Br)sc1C(=O)O. The monoisotopic (exact) mass is 326 g/mol. The number of carboxylic acids is 1. The second kappa shape index (κ2) is 5.16. The third-order valence-corrected chi connectivity index (χ3v) is 4.06. The van der Waals surface area contributed by atoms with Gasteiger partial charge in [0.25, 0.3) is 0 Å². The fraction of sp³-hybridized carbons (Fsp3) is 0.250. The summed E-state index contributed by atoms with van der Waals surface area (Å²) >= 11 is 4.56. The van der Waals surface area contributed by atoms with Crippen molar-refractivity contribution in [2.24, 2.45) is 0 Å². The van der Waals surface area contributed by atoms with Crippen molar-refractivity contribution >= 4 is 33.2 Å². The summed E-state index contributed by atoms with van der Waals surface area (Å²) in [5.74, 6) is -0.863. The fourth-order valence-corrected chi connectivity index (χ4v) is 3.16. The molecule has 2 heterocycles. The standard InChI is InChI=1S/C12H11BrN2O2S/c1-6(2)8-10(12(16)17)18-11(15-8)9-7(13)4-3-5-14-9/h3-6H,1-2H3,(H,16,17). The molecular formula is C12H11BrN2O2S. The fourth-order valence-electron chi connectivity index (χ4n) is 1.52. The minimum absolute atomic E-state index is 0.0728. The number of rotatable bonds is 3. The molecule has 0 saturated heterocycles. The van der Waals surface area contributed by atoms with Crippen molar-refractivity contribution in [3.05, 3.63) is 33.4 Å². The van der Waals surface area contributed by atoms with E-state index in [1.54, 1.807) is 6.20 Å². The predicted molar refractivity (Wildman–Crippen MR) is 74.1 cm³/mol. The van der Waals surface area contributed by atoms with Gasteiger partial charge < -0.3 is 5.11 Å². The number of aromatic carboxylic acids is 1. The van der Waals surface area contributed by atoms with E-state index in [0.717, 1.165) is 15.8 Å². The first-order valence-corrected chi connectivity index (χ1v) is 6.96. The smallest absolute Gasteiger partial charge is 0.347 e. The number of pyridine rings is 1. The first-order chi connectivity index (χ1) is 8.50. The van der Waals surface area contributed by atoms with E-state index in [9.17, 15) is 9.90 Å². The minimum atomic E-state index is -0.936. The number of halogens is 1. The number of nitrogens with zero attached hydrogens (tertiary/aromatic N) is 2. The average Bonchev–Trinajstić information content (AvgIpc) is 2.74. The van der Waals surface area contributed by atoms with Crippen LogP contribution in [0.25, 0.3) is 10.7 Å². The van der Waals surface area contributed by atoms with E-state index in [0.29, 0.717) is 16.4 Å². The number of hydrogen-bond donors (Lipinski definition) is 1. The molecule has 2 rings (SSSR count). The minimum Gasteiger partial charge on any atom is -0.477 e. The Kier molecular flexibility index (Phi) is 3.77. The Morgan fingerprint density at radius 2 is 2.22 bits per heavy atom. The van der Waals surface area contributed by atoms with Crippen LogP contribution in [0.15, 0.2) is 22.8 Å². The lowest BCUT2D eigenvalue weighted by Gasteiger charge is -2.00. The molecule has 0 aliphatic rings. The molecule has 6 heteroatoms. The van der Waals surface area contributed by atoms with E-state index in [1.807, 2.05) is 26.0 Å². The molecule has 2 aromatic heterocycles. The lowest BCUT2D eigenvalue weighted by molar-refractivity contribution is 0.0700. The Balaban J connectivity index is 2.57. The van der Waals surface area contributed by atoms with Crippen LogP contribution in [0, 0.1) is 0 Å².